The van der Waals surface area contributed by atoms with Gasteiger partial charge in [-0.3, -0.25) is 9.59 Å². The first-order valence-electron chi connectivity index (χ1n) is 3.83. The highest BCUT2D eigenvalue weighted by molar-refractivity contribution is 9.10. The van der Waals surface area contributed by atoms with Gasteiger partial charge in [-0.25, -0.2) is 0 Å². The SMILES string of the molecule is COC(=O)C1C(C(=O)OC)C1(Br)C=O. The van der Waals surface area contributed by atoms with Crippen LogP contribution in [0.1, 0.15) is 0 Å². The van der Waals surface area contributed by atoms with Gasteiger partial charge in [-0.05, 0) is 0 Å². The summed E-state index contributed by atoms with van der Waals surface area (Å²) in [4.78, 5) is 33.0. The Morgan fingerprint density at radius 1 is 1.21 bits per heavy atom. The molecule has 6 heteroatoms. The standard InChI is InChI=1S/C8H9BrO5/c1-13-6(11)4-5(7(12)14-2)8(4,9)3-10/h3-5H,1-2H3. The molecule has 0 aromatic carbocycles. The molecular weight excluding hydrogens is 256 g/mol. The number of carbonyl (C=O) groups is 3. The van der Waals surface area contributed by atoms with Gasteiger partial charge in [-0.2, -0.15) is 0 Å². The second kappa shape index (κ2) is 3.68. The third kappa shape index (κ3) is 1.43. The van der Waals surface area contributed by atoms with Gasteiger partial charge in [0, 0.05) is 0 Å². The number of halogens is 1. The summed E-state index contributed by atoms with van der Waals surface area (Å²) < 4.78 is 7.78. The molecule has 78 valence electrons. The van der Waals surface area contributed by atoms with Crippen molar-refractivity contribution in [1.29, 1.82) is 0 Å². The molecule has 1 saturated carbocycles. The molecule has 0 aromatic rings. The van der Waals surface area contributed by atoms with Gasteiger partial charge < -0.3 is 14.3 Å². The van der Waals surface area contributed by atoms with Crippen LogP contribution in [0.4, 0.5) is 0 Å². The Kier molecular flexibility index (Phi) is 2.94. The topological polar surface area (TPSA) is 69.7 Å². The van der Waals surface area contributed by atoms with Crippen LogP contribution in [0.5, 0.6) is 0 Å². The lowest BCUT2D eigenvalue weighted by atomic mass is 10.3. The van der Waals surface area contributed by atoms with Crippen molar-refractivity contribution in [3.8, 4) is 0 Å². The summed E-state index contributed by atoms with van der Waals surface area (Å²) in [6, 6.07) is 0. The molecule has 1 aliphatic rings. The van der Waals surface area contributed by atoms with Crippen molar-refractivity contribution in [3.63, 3.8) is 0 Å². The van der Waals surface area contributed by atoms with Gasteiger partial charge in [0.05, 0.1) is 26.1 Å². The van der Waals surface area contributed by atoms with Crippen molar-refractivity contribution in [3.05, 3.63) is 0 Å². The maximum atomic E-state index is 11.2. The Bertz CT molecular complexity index is 265. The normalized spacial score (nSPS) is 34.5. The zero-order valence-corrected chi connectivity index (χ0v) is 9.24. The van der Waals surface area contributed by atoms with Crippen LogP contribution >= 0.6 is 15.9 Å². The van der Waals surface area contributed by atoms with E-state index in [0.29, 0.717) is 6.29 Å². The Hall–Kier alpha value is -0.910. The molecule has 14 heavy (non-hydrogen) atoms. The van der Waals surface area contributed by atoms with Crippen molar-refractivity contribution in [1.82, 2.24) is 0 Å². The zero-order chi connectivity index (χ0) is 10.9. The highest BCUT2D eigenvalue weighted by Crippen LogP contribution is 2.56. The van der Waals surface area contributed by atoms with E-state index < -0.39 is 28.1 Å². The summed E-state index contributed by atoms with van der Waals surface area (Å²) in [7, 11) is 2.40. The molecule has 0 aromatic heterocycles. The first kappa shape index (κ1) is 11.2. The van der Waals surface area contributed by atoms with Crippen LogP contribution in [0.2, 0.25) is 0 Å². The minimum absolute atomic E-state index is 0.524. The van der Waals surface area contributed by atoms with Crippen LogP contribution in [0.15, 0.2) is 0 Å². The molecular formula is C8H9BrO5. The Balaban J connectivity index is 2.84. The maximum Gasteiger partial charge on any atom is 0.311 e. The van der Waals surface area contributed by atoms with Crippen LogP contribution in [0.3, 0.4) is 0 Å². The fourth-order valence-electron chi connectivity index (χ4n) is 1.41. The molecule has 0 amide bonds. The predicted molar refractivity (Wildman–Crippen MR) is 48.7 cm³/mol. The highest BCUT2D eigenvalue weighted by Gasteiger charge is 2.72. The van der Waals surface area contributed by atoms with E-state index in [4.69, 9.17) is 0 Å². The number of rotatable bonds is 3. The first-order valence-corrected chi connectivity index (χ1v) is 4.63. The quantitative estimate of drug-likeness (QED) is 0.405. The Morgan fingerprint density at radius 2 is 1.57 bits per heavy atom. The van der Waals surface area contributed by atoms with Crippen molar-refractivity contribution in [2.24, 2.45) is 11.8 Å². The summed E-state index contributed by atoms with van der Waals surface area (Å²) >= 11 is 3.03. The summed E-state index contributed by atoms with van der Waals surface area (Å²) in [5.74, 6) is -2.75. The van der Waals surface area contributed by atoms with Crippen molar-refractivity contribution >= 4 is 34.2 Å². The van der Waals surface area contributed by atoms with Crippen molar-refractivity contribution in [2.75, 3.05) is 14.2 Å². The molecule has 1 rings (SSSR count). The molecule has 0 heterocycles. The summed E-state index contributed by atoms with van der Waals surface area (Å²) in [5.41, 5.74) is 0. The Labute approximate surface area is 88.9 Å². The molecule has 5 nitrogen and oxygen atoms in total. The molecule has 0 radical (unpaired) electrons. The van der Waals surface area contributed by atoms with Crippen LogP contribution in [-0.2, 0) is 23.9 Å². The molecule has 1 fully saturated rings. The summed E-state index contributed by atoms with van der Waals surface area (Å²) in [6.07, 6.45) is 0.524. The number of hydrogen-bond donors (Lipinski definition) is 0. The average Bonchev–Trinajstić information content (AvgIpc) is 2.83. The van der Waals surface area contributed by atoms with Crippen LogP contribution in [0.25, 0.3) is 0 Å². The lowest BCUT2D eigenvalue weighted by Crippen LogP contribution is -2.13. The molecule has 2 atom stereocenters. The molecule has 0 spiro atoms. The first-order chi connectivity index (χ1) is 6.52. The second-order valence-electron chi connectivity index (χ2n) is 2.95. The van der Waals surface area contributed by atoms with Crippen LogP contribution < -0.4 is 0 Å². The van der Waals surface area contributed by atoms with Crippen LogP contribution in [-0.4, -0.2) is 36.8 Å². The minimum atomic E-state index is -1.15. The zero-order valence-electron chi connectivity index (χ0n) is 7.65. The number of esters is 2. The van der Waals surface area contributed by atoms with Gasteiger partial charge in [0.25, 0.3) is 0 Å². The molecule has 0 saturated heterocycles. The number of ether oxygens (including phenoxy) is 2. The van der Waals surface area contributed by atoms with E-state index in [0.717, 1.165) is 0 Å². The number of carbonyl (C=O) groups excluding carboxylic acids is 3. The highest BCUT2D eigenvalue weighted by atomic mass is 79.9. The molecule has 0 N–H and O–H groups in total. The fraction of sp³-hybridized carbons (Fsp3) is 0.625. The second-order valence-corrected chi connectivity index (χ2v) is 4.32. The minimum Gasteiger partial charge on any atom is -0.469 e. The number of hydrogen-bond acceptors (Lipinski definition) is 5. The number of aldehydes is 1. The maximum absolute atomic E-state index is 11.2. The fourth-order valence-corrected chi connectivity index (χ4v) is 2.18. The van der Waals surface area contributed by atoms with Crippen LogP contribution in [0, 0.1) is 11.8 Å². The summed E-state index contributed by atoms with van der Waals surface area (Å²) in [5, 5.41) is 0. The molecule has 2 unspecified atom stereocenters. The van der Waals surface area contributed by atoms with Gasteiger partial charge >= 0.3 is 11.9 Å². The third-order valence-electron chi connectivity index (χ3n) is 2.27. The van der Waals surface area contributed by atoms with E-state index >= 15 is 0 Å². The van der Waals surface area contributed by atoms with E-state index in [-0.39, 0.29) is 0 Å². The third-order valence-corrected chi connectivity index (χ3v) is 3.44. The Morgan fingerprint density at radius 3 is 1.79 bits per heavy atom. The van der Waals surface area contributed by atoms with E-state index in [1.807, 2.05) is 0 Å². The van der Waals surface area contributed by atoms with Gasteiger partial charge in [0.15, 0.2) is 0 Å². The summed E-state index contributed by atoms with van der Waals surface area (Å²) in [6.45, 7) is 0. The molecule has 1 aliphatic carbocycles. The van der Waals surface area contributed by atoms with E-state index in [9.17, 15) is 14.4 Å². The van der Waals surface area contributed by atoms with Gasteiger partial charge in [-0.15, -0.1) is 0 Å². The monoisotopic (exact) mass is 264 g/mol. The predicted octanol–water partition coefficient (Wildman–Crippen LogP) is -0.0890. The van der Waals surface area contributed by atoms with Gasteiger partial charge in [0.1, 0.15) is 10.6 Å². The average molecular weight is 265 g/mol. The smallest absolute Gasteiger partial charge is 0.311 e. The molecule has 0 aliphatic heterocycles. The van der Waals surface area contributed by atoms with E-state index in [1.165, 1.54) is 14.2 Å². The van der Waals surface area contributed by atoms with Crippen molar-refractivity contribution < 1.29 is 23.9 Å². The lowest BCUT2D eigenvalue weighted by Gasteiger charge is -1.96. The number of methoxy groups -OCH3 is 2. The largest absolute Gasteiger partial charge is 0.469 e. The van der Waals surface area contributed by atoms with Gasteiger partial charge in [-0.1, -0.05) is 15.9 Å². The molecule has 0 bridgehead atoms. The lowest BCUT2D eigenvalue weighted by molar-refractivity contribution is -0.148. The van der Waals surface area contributed by atoms with Crippen molar-refractivity contribution in [2.45, 2.75) is 4.32 Å². The van der Waals surface area contributed by atoms with Gasteiger partial charge in [0.2, 0.25) is 0 Å². The van der Waals surface area contributed by atoms with E-state index in [1.54, 1.807) is 0 Å². The number of alkyl halides is 1. The van der Waals surface area contributed by atoms with E-state index in [2.05, 4.69) is 25.4 Å².